The second-order valence-electron chi connectivity index (χ2n) is 7.60. The van der Waals surface area contributed by atoms with Crippen molar-refractivity contribution in [1.82, 2.24) is 15.2 Å². The minimum absolute atomic E-state index is 0.0185. The van der Waals surface area contributed by atoms with Gasteiger partial charge in [-0.3, -0.25) is 9.69 Å². The minimum atomic E-state index is 0.0185. The summed E-state index contributed by atoms with van der Waals surface area (Å²) in [4.78, 5) is 21.7. The molecule has 1 saturated carbocycles. The normalized spacial score (nSPS) is 22.6. The van der Waals surface area contributed by atoms with Crippen molar-refractivity contribution in [2.24, 2.45) is 0 Å². The summed E-state index contributed by atoms with van der Waals surface area (Å²) in [5, 5.41) is 3.15. The van der Waals surface area contributed by atoms with Crippen molar-refractivity contribution in [1.29, 1.82) is 0 Å². The molecule has 1 saturated heterocycles. The van der Waals surface area contributed by atoms with Crippen molar-refractivity contribution < 1.29 is 4.79 Å². The monoisotopic (exact) mass is 344 g/mol. The zero-order valence-electron chi connectivity index (χ0n) is 15.7. The van der Waals surface area contributed by atoms with Crippen molar-refractivity contribution in [2.45, 2.75) is 70.0 Å². The molecular weight excluding hydrogens is 312 g/mol. The summed E-state index contributed by atoms with van der Waals surface area (Å²) in [5.74, 6) is 1.17. The fourth-order valence-electron chi connectivity index (χ4n) is 4.23. The van der Waals surface area contributed by atoms with Crippen LogP contribution < -0.4 is 10.2 Å². The van der Waals surface area contributed by atoms with E-state index in [0.717, 1.165) is 30.8 Å². The molecule has 1 atom stereocenters. The largest absolute Gasteiger partial charge is 0.356 e. The average molecular weight is 345 g/mol. The van der Waals surface area contributed by atoms with Crippen molar-refractivity contribution >= 4 is 11.7 Å². The van der Waals surface area contributed by atoms with E-state index in [1.54, 1.807) is 0 Å². The van der Waals surface area contributed by atoms with Gasteiger partial charge in [-0.15, -0.1) is 0 Å². The Labute approximate surface area is 151 Å². The first-order valence-corrected chi connectivity index (χ1v) is 9.81. The molecule has 1 aliphatic heterocycles. The maximum atomic E-state index is 12.6. The maximum absolute atomic E-state index is 12.6. The van der Waals surface area contributed by atoms with Gasteiger partial charge in [-0.25, -0.2) is 4.98 Å². The molecule has 1 amide bonds. The van der Waals surface area contributed by atoms with Gasteiger partial charge < -0.3 is 10.2 Å². The van der Waals surface area contributed by atoms with E-state index in [9.17, 15) is 4.79 Å². The van der Waals surface area contributed by atoms with Crippen LogP contribution in [-0.2, 0) is 11.3 Å². The zero-order valence-corrected chi connectivity index (χ0v) is 15.7. The number of carbonyl (C=O) groups excluding carboxylic acids is 1. The van der Waals surface area contributed by atoms with Crippen molar-refractivity contribution in [3.05, 3.63) is 23.9 Å². The van der Waals surface area contributed by atoms with Crippen molar-refractivity contribution in [3.8, 4) is 0 Å². The van der Waals surface area contributed by atoms with Gasteiger partial charge in [0.05, 0.1) is 6.04 Å². The van der Waals surface area contributed by atoms with Gasteiger partial charge in [0.15, 0.2) is 0 Å². The third kappa shape index (κ3) is 4.51. The third-order valence-electron chi connectivity index (χ3n) is 5.85. The lowest BCUT2D eigenvalue weighted by molar-refractivity contribution is -0.127. The summed E-state index contributed by atoms with van der Waals surface area (Å²) < 4.78 is 0. The molecule has 2 fully saturated rings. The van der Waals surface area contributed by atoms with Gasteiger partial charge in [0.25, 0.3) is 0 Å². The standard InChI is InChI=1S/C20H32N4O/c1-23-14-7-6-12-18(23)20(25)22-15-16-9-8-13-21-19(16)24(2)17-10-4-3-5-11-17/h8-9,13,17-18H,3-7,10-12,14-15H2,1-2H3,(H,22,25)/t18-/m1/s1. The van der Waals surface area contributed by atoms with Crippen LogP contribution in [0.4, 0.5) is 5.82 Å². The van der Waals surface area contributed by atoms with Gasteiger partial charge >= 0.3 is 0 Å². The fourth-order valence-corrected chi connectivity index (χ4v) is 4.23. The first-order chi connectivity index (χ1) is 12.2. The molecule has 5 heteroatoms. The number of pyridine rings is 1. The van der Waals surface area contributed by atoms with E-state index in [0.29, 0.717) is 12.6 Å². The summed E-state index contributed by atoms with van der Waals surface area (Å²) in [5.41, 5.74) is 1.11. The van der Waals surface area contributed by atoms with Gasteiger partial charge in [0, 0.05) is 31.4 Å². The fraction of sp³-hybridized carbons (Fsp3) is 0.700. The number of carbonyl (C=O) groups is 1. The number of likely N-dealkylation sites (tertiary alicyclic amines) is 1. The number of hydrogen-bond donors (Lipinski definition) is 1. The lowest BCUT2D eigenvalue weighted by Crippen LogP contribution is -2.47. The van der Waals surface area contributed by atoms with Crippen LogP contribution in [0.3, 0.4) is 0 Å². The average Bonchev–Trinajstić information content (AvgIpc) is 2.67. The Morgan fingerprint density at radius 3 is 2.76 bits per heavy atom. The molecule has 1 aliphatic carbocycles. The van der Waals surface area contributed by atoms with E-state index in [1.165, 1.54) is 38.5 Å². The number of piperidine rings is 1. The molecule has 2 aliphatic rings. The number of nitrogens with zero attached hydrogens (tertiary/aromatic N) is 3. The Morgan fingerprint density at radius 1 is 1.24 bits per heavy atom. The molecule has 1 N–H and O–H groups in total. The molecule has 0 radical (unpaired) electrons. The van der Waals surface area contributed by atoms with Crippen LogP contribution in [-0.4, -0.2) is 48.5 Å². The van der Waals surface area contributed by atoms with Crippen LogP contribution in [0.1, 0.15) is 56.9 Å². The highest BCUT2D eigenvalue weighted by Gasteiger charge is 2.26. The maximum Gasteiger partial charge on any atom is 0.237 e. The first kappa shape index (κ1) is 18.2. The lowest BCUT2D eigenvalue weighted by atomic mass is 9.94. The highest BCUT2D eigenvalue weighted by Crippen LogP contribution is 2.27. The van der Waals surface area contributed by atoms with Crippen LogP contribution in [0.25, 0.3) is 0 Å². The van der Waals surface area contributed by atoms with E-state index in [4.69, 9.17) is 0 Å². The zero-order chi connectivity index (χ0) is 17.6. The molecule has 5 nitrogen and oxygen atoms in total. The summed E-state index contributed by atoms with van der Waals surface area (Å²) >= 11 is 0. The predicted octanol–water partition coefficient (Wildman–Crippen LogP) is 2.95. The third-order valence-corrected chi connectivity index (χ3v) is 5.85. The predicted molar refractivity (Wildman–Crippen MR) is 102 cm³/mol. The van der Waals surface area contributed by atoms with Crippen LogP contribution in [0, 0.1) is 0 Å². The van der Waals surface area contributed by atoms with Gasteiger partial charge in [-0.05, 0) is 45.3 Å². The Hall–Kier alpha value is -1.62. The van der Waals surface area contributed by atoms with E-state index >= 15 is 0 Å². The Balaban J connectivity index is 1.63. The van der Waals surface area contributed by atoms with Gasteiger partial charge in [-0.1, -0.05) is 31.7 Å². The topological polar surface area (TPSA) is 48.5 Å². The van der Waals surface area contributed by atoms with Gasteiger partial charge in [0.1, 0.15) is 5.82 Å². The molecule has 25 heavy (non-hydrogen) atoms. The number of amides is 1. The number of rotatable bonds is 5. The Kier molecular flexibility index (Phi) is 6.29. The Bertz CT molecular complexity index is 571. The van der Waals surface area contributed by atoms with Crippen LogP contribution >= 0.6 is 0 Å². The summed E-state index contributed by atoms with van der Waals surface area (Å²) in [7, 11) is 4.20. The number of likely N-dealkylation sites (N-methyl/N-ethyl adjacent to an activating group) is 1. The van der Waals surface area contributed by atoms with E-state index < -0.39 is 0 Å². The SMILES string of the molecule is CN(c1ncccc1CNC(=O)[C@H]1CCCCN1C)C1CCCCC1. The van der Waals surface area contributed by atoms with Crippen molar-refractivity contribution in [3.63, 3.8) is 0 Å². The van der Waals surface area contributed by atoms with Crippen LogP contribution in [0.2, 0.25) is 0 Å². The van der Waals surface area contributed by atoms with Crippen molar-refractivity contribution in [2.75, 3.05) is 25.5 Å². The van der Waals surface area contributed by atoms with E-state index in [-0.39, 0.29) is 11.9 Å². The molecule has 1 aromatic heterocycles. The molecule has 2 heterocycles. The van der Waals surface area contributed by atoms with Crippen LogP contribution in [0.15, 0.2) is 18.3 Å². The second-order valence-corrected chi connectivity index (χ2v) is 7.60. The molecular formula is C20H32N4O. The smallest absolute Gasteiger partial charge is 0.237 e. The lowest BCUT2D eigenvalue weighted by Gasteiger charge is -2.33. The number of hydrogen-bond acceptors (Lipinski definition) is 4. The summed E-state index contributed by atoms with van der Waals surface area (Å²) in [6.07, 6.45) is 11.6. The molecule has 1 aromatic rings. The Morgan fingerprint density at radius 2 is 2.00 bits per heavy atom. The van der Waals surface area contributed by atoms with Gasteiger partial charge in [0.2, 0.25) is 5.91 Å². The second kappa shape index (κ2) is 8.65. The molecule has 0 unspecified atom stereocenters. The molecule has 3 rings (SSSR count). The first-order valence-electron chi connectivity index (χ1n) is 9.81. The quantitative estimate of drug-likeness (QED) is 0.892. The molecule has 0 spiro atoms. The molecule has 0 aromatic carbocycles. The summed E-state index contributed by atoms with van der Waals surface area (Å²) in [6.45, 7) is 1.57. The highest BCUT2D eigenvalue weighted by atomic mass is 16.2. The minimum Gasteiger partial charge on any atom is -0.356 e. The number of aromatic nitrogens is 1. The van der Waals surface area contributed by atoms with E-state index in [2.05, 4.69) is 40.3 Å². The summed E-state index contributed by atoms with van der Waals surface area (Å²) in [6, 6.07) is 4.64. The van der Waals surface area contributed by atoms with Gasteiger partial charge in [-0.2, -0.15) is 0 Å². The van der Waals surface area contributed by atoms with E-state index in [1.807, 2.05) is 12.3 Å². The number of nitrogens with one attached hydrogen (secondary N) is 1. The molecule has 0 bridgehead atoms. The highest BCUT2D eigenvalue weighted by molar-refractivity contribution is 5.81. The molecule has 138 valence electrons. The van der Waals surface area contributed by atoms with Crippen LogP contribution in [0.5, 0.6) is 0 Å². The number of anilines is 1.